The molecule has 0 unspecified atom stereocenters. The molecule has 4 heterocycles. The fourth-order valence-corrected chi connectivity index (χ4v) is 9.98. The van der Waals surface area contributed by atoms with E-state index in [0.717, 1.165) is 44.1 Å². The van der Waals surface area contributed by atoms with E-state index < -0.39 is 34.6 Å². The number of Topliss-reactive ketones (excluding diaryl/α,β-unsaturated/α-hetero) is 1. The van der Waals surface area contributed by atoms with Crippen LogP contribution in [0.3, 0.4) is 0 Å². The minimum atomic E-state index is -1.20. The average Bonchev–Trinajstić information content (AvgIpc) is 3.52. The molecule has 5 aliphatic rings. The lowest BCUT2D eigenvalue weighted by atomic mass is 9.51. The number of hydrogen-bond acceptors (Lipinski definition) is 6. The van der Waals surface area contributed by atoms with Gasteiger partial charge in [-0.15, -0.1) is 0 Å². The smallest absolute Gasteiger partial charge is 0.249 e. The van der Waals surface area contributed by atoms with Crippen LogP contribution in [0.5, 0.6) is 0 Å². The van der Waals surface area contributed by atoms with Crippen molar-refractivity contribution in [2.24, 2.45) is 22.7 Å². The lowest BCUT2D eigenvalue weighted by Crippen LogP contribution is -2.52. The van der Waals surface area contributed by atoms with Gasteiger partial charge in [0.05, 0.1) is 12.0 Å². The summed E-state index contributed by atoms with van der Waals surface area (Å²) in [5.74, 6) is -2.55. The summed E-state index contributed by atoms with van der Waals surface area (Å²) in [5, 5.41) is 6.42. The highest BCUT2D eigenvalue weighted by atomic mass is 35.5. The second-order valence-corrected chi connectivity index (χ2v) is 16.3. The van der Waals surface area contributed by atoms with Gasteiger partial charge in [-0.1, -0.05) is 43.1 Å². The minimum Gasteiger partial charge on any atom is -0.381 e. The first kappa shape index (κ1) is 33.9. The zero-order valence-electron chi connectivity index (χ0n) is 27.6. The highest BCUT2D eigenvalue weighted by Crippen LogP contribution is 2.72. The van der Waals surface area contributed by atoms with Crippen LogP contribution in [0.2, 0.25) is 10.2 Å². The van der Waals surface area contributed by atoms with Crippen LogP contribution in [0.25, 0.3) is 0 Å². The molecule has 48 heavy (non-hydrogen) atoms. The monoisotopic (exact) mass is 699 g/mol. The van der Waals surface area contributed by atoms with E-state index in [4.69, 9.17) is 32.7 Å². The number of amides is 2. The van der Waals surface area contributed by atoms with Crippen LogP contribution in [0.1, 0.15) is 95.1 Å². The summed E-state index contributed by atoms with van der Waals surface area (Å²) in [7, 11) is 0. The largest absolute Gasteiger partial charge is 0.381 e. The third-order valence-electron chi connectivity index (χ3n) is 12.2. The Kier molecular flexibility index (Phi) is 9.14. The molecule has 2 amide bonds. The fourth-order valence-electron chi connectivity index (χ4n) is 9.65. The van der Waals surface area contributed by atoms with Crippen LogP contribution < -0.4 is 10.6 Å². The summed E-state index contributed by atoms with van der Waals surface area (Å²) in [6, 6.07) is 7.10. The lowest BCUT2D eigenvalue weighted by Gasteiger charge is -2.51. The van der Waals surface area contributed by atoms with Gasteiger partial charge < -0.3 is 20.1 Å². The van der Waals surface area contributed by atoms with Gasteiger partial charge in [0, 0.05) is 54.4 Å². The van der Waals surface area contributed by atoms with E-state index >= 15 is 4.39 Å². The van der Waals surface area contributed by atoms with Crippen molar-refractivity contribution in [3.05, 3.63) is 57.6 Å². The molecule has 4 fully saturated rings. The number of ketones is 1. The number of aromatic nitrogens is 1. The highest BCUT2D eigenvalue weighted by Gasteiger charge is 2.72. The summed E-state index contributed by atoms with van der Waals surface area (Å²) in [5.41, 5.74) is -0.0799. The SMILES string of the molecule is CC1(C)CCC2(CC1)C[C@@H](C(=O)C[C@@H]1CC[C@@H](C(=O)NC3CCOCC3)OC1)[C@H](c1ccnc(Cl)c1F)[C@]21C(=O)Nc2cc(Cl)ccc21. The first-order valence-corrected chi connectivity index (χ1v) is 18.1. The molecule has 1 aromatic carbocycles. The number of pyridine rings is 1. The van der Waals surface area contributed by atoms with E-state index in [0.29, 0.717) is 43.2 Å². The first-order chi connectivity index (χ1) is 22.9. The van der Waals surface area contributed by atoms with Crippen molar-refractivity contribution in [1.29, 1.82) is 0 Å². The summed E-state index contributed by atoms with van der Waals surface area (Å²) >= 11 is 12.7. The molecule has 2 saturated heterocycles. The molecular formula is C37H44Cl2FN3O5. The summed E-state index contributed by atoms with van der Waals surface area (Å²) in [6.07, 6.45) is 7.58. The van der Waals surface area contributed by atoms with E-state index in [-0.39, 0.29) is 58.7 Å². The van der Waals surface area contributed by atoms with E-state index in [1.54, 1.807) is 18.2 Å². The second-order valence-electron chi connectivity index (χ2n) is 15.5. The van der Waals surface area contributed by atoms with Crippen LogP contribution in [0.4, 0.5) is 10.1 Å². The van der Waals surface area contributed by atoms with Gasteiger partial charge in [-0.2, -0.15) is 0 Å². The molecule has 7 rings (SSSR count). The van der Waals surface area contributed by atoms with Gasteiger partial charge in [-0.05, 0) is 104 Å². The van der Waals surface area contributed by atoms with Gasteiger partial charge in [0.25, 0.3) is 0 Å². The van der Waals surface area contributed by atoms with Crippen molar-refractivity contribution < 1.29 is 28.2 Å². The second kappa shape index (κ2) is 12.9. The lowest BCUT2D eigenvalue weighted by molar-refractivity contribution is -0.140. The Morgan fingerprint density at radius 2 is 1.81 bits per heavy atom. The predicted octanol–water partition coefficient (Wildman–Crippen LogP) is 7.16. The van der Waals surface area contributed by atoms with Crippen LogP contribution in [-0.2, 0) is 29.3 Å². The Bertz CT molecular complexity index is 1600. The Balaban J connectivity index is 1.21. The molecule has 5 atom stereocenters. The number of nitrogens with one attached hydrogen (secondary N) is 2. The Morgan fingerprint density at radius 3 is 2.52 bits per heavy atom. The van der Waals surface area contributed by atoms with Crippen LogP contribution in [-0.4, -0.2) is 54.5 Å². The van der Waals surface area contributed by atoms with E-state index in [1.807, 2.05) is 6.07 Å². The normalized spacial score (nSPS) is 31.1. The van der Waals surface area contributed by atoms with Gasteiger partial charge in [-0.3, -0.25) is 14.4 Å². The number of hydrogen-bond donors (Lipinski definition) is 2. The molecule has 2 aromatic rings. The maximum Gasteiger partial charge on any atom is 0.249 e. The number of nitrogens with zero attached hydrogens (tertiary/aromatic N) is 1. The van der Waals surface area contributed by atoms with Crippen LogP contribution in [0.15, 0.2) is 30.5 Å². The van der Waals surface area contributed by atoms with Crippen LogP contribution >= 0.6 is 23.2 Å². The predicted molar refractivity (Wildman–Crippen MR) is 181 cm³/mol. The summed E-state index contributed by atoms with van der Waals surface area (Å²) < 4.78 is 27.6. The van der Waals surface area contributed by atoms with Gasteiger partial charge in [0.2, 0.25) is 11.8 Å². The van der Waals surface area contributed by atoms with Crippen molar-refractivity contribution in [3.8, 4) is 0 Å². The quantitative estimate of drug-likeness (QED) is 0.310. The number of halogens is 3. The number of fused-ring (bicyclic) bond motifs is 3. The van der Waals surface area contributed by atoms with Crippen molar-refractivity contribution >= 4 is 46.5 Å². The number of rotatable bonds is 6. The van der Waals surface area contributed by atoms with Gasteiger partial charge in [0.15, 0.2) is 11.0 Å². The molecule has 8 nitrogen and oxygen atoms in total. The molecule has 2 saturated carbocycles. The van der Waals surface area contributed by atoms with Crippen molar-refractivity contribution in [1.82, 2.24) is 10.3 Å². The standard InChI is InChI=1S/C37H44Cl2FN3O5/c1-35(2)10-12-36(13-11-35)19-25(28(44)17-21-3-6-29(48-20-21)33(45)42-23-8-15-47-16-9-23)30(24-7-14-41-32(39)31(24)40)37(36)26-5-4-22(38)18-27(26)43-34(37)46/h4-5,7,14,18,21,23,25,29-30H,3,6,8-13,15-17,19-20H2,1-2H3,(H,42,45)(H,43,46)/t21-,25-,29-,30-,37+/m0/s1. The Hall–Kier alpha value is -2.59. The van der Waals surface area contributed by atoms with E-state index in [9.17, 15) is 14.4 Å². The van der Waals surface area contributed by atoms with Crippen molar-refractivity contribution in [3.63, 3.8) is 0 Å². The molecule has 11 heteroatoms. The molecule has 0 bridgehead atoms. The van der Waals surface area contributed by atoms with Gasteiger partial charge in [0.1, 0.15) is 11.9 Å². The highest BCUT2D eigenvalue weighted by molar-refractivity contribution is 6.31. The molecule has 2 N–H and O–H groups in total. The topological polar surface area (TPSA) is 107 Å². The first-order valence-electron chi connectivity index (χ1n) is 17.4. The molecule has 1 aromatic heterocycles. The third kappa shape index (κ3) is 5.76. The average molecular weight is 701 g/mol. The molecule has 258 valence electrons. The maximum absolute atomic E-state index is 16.2. The van der Waals surface area contributed by atoms with Crippen molar-refractivity contribution in [2.45, 2.75) is 102 Å². The zero-order valence-corrected chi connectivity index (χ0v) is 29.1. The number of ether oxygens (including phenoxy) is 2. The summed E-state index contributed by atoms with van der Waals surface area (Å²) in [6.45, 7) is 6.05. The fraction of sp³-hybridized carbons (Fsp3) is 0.622. The van der Waals surface area contributed by atoms with E-state index in [2.05, 4.69) is 29.5 Å². The molecule has 3 aliphatic heterocycles. The molecular weight excluding hydrogens is 656 g/mol. The van der Waals surface area contributed by atoms with Crippen LogP contribution in [0, 0.1) is 28.5 Å². The molecule has 0 radical (unpaired) electrons. The molecule has 2 spiro atoms. The van der Waals surface area contributed by atoms with Crippen molar-refractivity contribution in [2.75, 3.05) is 25.1 Å². The Labute approximate surface area is 291 Å². The summed E-state index contributed by atoms with van der Waals surface area (Å²) in [4.78, 5) is 46.3. The van der Waals surface area contributed by atoms with Gasteiger partial charge >= 0.3 is 0 Å². The third-order valence-corrected chi connectivity index (χ3v) is 12.7. The zero-order chi connectivity index (χ0) is 33.8. The van der Waals surface area contributed by atoms with Gasteiger partial charge in [-0.25, -0.2) is 9.37 Å². The van der Waals surface area contributed by atoms with E-state index in [1.165, 1.54) is 6.20 Å². The Morgan fingerprint density at radius 1 is 1.06 bits per heavy atom. The maximum atomic E-state index is 16.2. The molecule has 2 aliphatic carbocycles. The minimum absolute atomic E-state index is 0.0117. The number of carbonyl (C=O) groups is 3. The number of anilines is 1. The number of carbonyl (C=O) groups excluding carboxylic acids is 3. The number of benzene rings is 1.